The number of rotatable bonds is 6. The molecule has 2 atom stereocenters. The number of amides is 1. The van der Waals surface area contributed by atoms with Gasteiger partial charge in [0.2, 0.25) is 5.91 Å². The van der Waals surface area contributed by atoms with E-state index in [0.29, 0.717) is 30.1 Å². The molecule has 2 rings (SSSR count). The molecule has 7 heteroatoms. The molecule has 1 aliphatic heterocycles. The molecule has 0 radical (unpaired) electrons. The molecule has 1 aromatic carbocycles. The first-order valence-electron chi connectivity index (χ1n) is 7.40. The molecule has 6 nitrogen and oxygen atoms in total. The number of ether oxygens (including phenoxy) is 2. The summed E-state index contributed by atoms with van der Waals surface area (Å²) in [5.41, 5.74) is 0.846. The van der Waals surface area contributed by atoms with E-state index < -0.39 is 12.0 Å². The number of likely N-dealkylation sites (tertiary alicyclic amines) is 1. The van der Waals surface area contributed by atoms with Gasteiger partial charge in [-0.3, -0.25) is 4.79 Å². The third-order valence-electron chi connectivity index (χ3n) is 4.08. The summed E-state index contributed by atoms with van der Waals surface area (Å²) < 4.78 is 10.5. The lowest BCUT2D eigenvalue weighted by molar-refractivity contribution is -0.149. The van der Waals surface area contributed by atoms with Crippen LogP contribution in [0.3, 0.4) is 0 Å². The molecule has 0 aliphatic carbocycles. The van der Waals surface area contributed by atoms with Crippen LogP contribution in [0.1, 0.15) is 30.9 Å². The molecule has 0 aromatic heterocycles. The summed E-state index contributed by atoms with van der Waals surface area (Å²) in [7, 11) is 3.09. The highest BCUT2D eigenvalue weighted by Gasteiger charge is 2.41. The molecule has 1 N–H and O–H groups in total. The number of benzene rings is 1. The highest BCUT2D eigenvalue weighted by atomic mass is 32.1. The first kappa shape index (κ1) is 17.5. The van der Waals surface area contributed by atoms with Crippen molar-refractivity contribution in [3.63, 3.8) is 0 Å². The zero-order chi connectivity index (χ0) is 17.0. The van der Waals surface area contributed by atoms with Crippen molar-refractivity contribution in [3.8, 4) is 11.5 Å². The molecule has 0 spiro atoms. The molecule has 0 saturated carbocycles. The van der Waals surface area contributed by atoms with E-state index in [1.165, 1.54) is 4.90 Å². The molecular formula is C16H21NO5S. The van der Waals surface area contributed by atoms with Crippen molar-refractivity contribution in [2.45, 2.75) is 31.3 Å². The first-order chi connectivity index (χ1) is 11.0. The van der Waals surface area contributed by atoms with Gasteiger partial charge in [0, 0.05) is 6.42 Å². The Hall–Kier alpha value is -1.89. The molecule has 0 unspecified atom stereocenters. The molecule has 1 saturated heterocycles. The van der Waals surface area contributed by atoms with Crippen LogP contribution in [-0.2, 0) is 9.59 Å². The van der Waals surface area contributed by atoms with Crippen LogP contribution < -0.4 is 9.47 Å². The Labute approximate surface area is 140 Å². The molecule has 1 aromatic rings. The van der Waals surface area contributed by atoms with Crippen LogP contribution in [0.2, 0.25) is 0 Å². The second kappa shape index (κ2) is 7.59. The molecule has 126 valence electrons. The van der Waals surface area contributed by atoms with Gasteiger partial charge in [-0.15, -0.1) is 0 Å². The van der Waals surface area contributed by atoms with Gasteiger partial charge in [0.25, 0.3) is 0 Å². The third kappa shape index (κ3) is 3.55. The fourth-order valence-electron chi connectivity index (χ4n) is 3.01. The van der Waals surface area contributed by atoms with E-state index in [4.69, 9.17) is 9.47 Å². The van der Waals surface area contributed by atoms with E-state index in [1.54, 1.807) is 26.4 Å². The standard InChI is InChI=1S/C16H21NO5S/c1-21-13-6-3-10(9-14(13)22-2)11-4-5-12(16(19)20)17(11)15(18)7-8-23/h3,6,9,11-12,23H,4-5,7-8H2,1-2H3,(H,19,20)/t11-,12+/m1/s1. The highest BCUT2D eigenvalue weighted by Crippen LogP contribution is 2.40. The van der Waals surface area contributed by atoms with Crippen molar-refractivity contribution < 1.29 is 24.2 Å². The Bertz CT molecular complexity index is 592. The third-order valence-corrected chi connectivity index (χ3v) is 4.30. The minimum atomic E-state index is -0.972. The zero-order valence-corrected chi connectivity index (χ0v) is 14.1. The summed E-state index contributed by atoms with van der Waals surface area (Å²) in [5.74, 6) is 0.383. The smallest absolute Gasteiger partial charge is 0.326 e. The average Bonchev–Trinajstić information content (AvgIpc) is 2.99. The van der Waals surface area contributed by atoms with Gasteiger partial charge >= 0.3 is 5.97 Å². The van der Waals surface area contributed by atoms with Gasteiger partial charge in [-0.1, -0.05) is 6.07 Å². The number of carbonyl (C=O) groups excluding carboxylic acids is 1. The van der Waals surface area contributed by atoms with E-state index in [1.807, 2.05) is 6.07 Å². The van der Waals surface area contributed by atoms with E-state index in [9.17, 15) is 14.7 Å². The normalized spacial score (nSPS) is 20.4. The van der Waals surface area contributed by atoms with Crippen molar-refractivity contribution >= 4 is 24.5 Å². The molecular weight excluding hydrogens is 318 g/mol. The van der Waals surface area contributed by atoms with Crippen LogP contribution in [-0.4, -0.2) is 47.9 Å². The largest absolute Gasteiger partial charge is 0.493 e. The number of hydrogen-bond donors (Lipinski definition) is 2. The van der Waals surface area contributed by atoms with Crippen molar-refractivity contribution in [3.05, 3.63) is 23.8 Å². The number of hydrogen-bond acceptors (Lipinski definition) is 5. The van der Waals surface area contributed by atoms with Crippen LogP contribution in [0.5, 0.6) is 11.5 Å². The van der Waals surface area contributed by atoms with Crippen molar-refractivity contribution in [1.29, 1.82) is 0 Å². The van der Waals surface area contributed by atoms with Gasteiger partial charge in [0.1, 0.15) is 6.04 Å². The summed E-state index contributed by atoms with van der Waals surface area (Å²) in [5, 5.41) is 9.39. The quantitative estimate of drug-likeness (QED) is 0.777. The van der Waals surface area contributed by atoms with Gasteiger partial charge in [-0.25, -0.2) is 4.79 Å². The first-order valence-corrected chi connectivity index (χ1v) is 8.03. The molecule has 0 bridgehead atoms. The average molecular weight is 339 g/mol. The Morgan fingerprint density at radius 1 is 1.26 bits per heavy atom. The van der Waals surface area contributed by atoms with E-state index in [-0.39, 0.29) is 18.4 Å². The maximum absolute atomic E-state index is 12.4. The molecule has 1 amide bonds. The topological polar surface area (TPSA) is 76.1 Å². The maximum Gasteiger partial charge on any atom is 0.326 e. The van der Waals surface area contributed by atoms with Gasteiger partial charge in [-0.05, 0) is 36.3 Å². The number of thiol groups is 1. The maximum atomic E-state index is 12.4. The number of carbonyl (C=O) groups is 2. The van der Waals surface area contributed by atoms with Gasteiger partial charge in [0.15, 0.2) is 11.5 Å². The molecule has 1 fully saturated rings. The summed E-state index contributed by atoms with van der Waals surface area (Å²) in [4.78, 5) is 25.3. The van der Waals surface area contributed by atoms with Crippen LogP contribution >= 0.6 is 12.6 Å². The highest BCUT2D eigenvalue weighted by molar-refractivity contribution is 7.80. The summed E-state index contributed by atoms with van der Waals surface area (Å²) in [6.07, 6.45) is 1.26. The number of carboxylic acid groups (broad SMARTS) is 1. The summed E-state index contributed by atoms with van der Waals surface area (Å²) >= 11 is 4.08. The second-order valence-corrected chi connectivity index (χ2v) is 5.78. The van der Waals surface area contributed by atoms with E-state index >= 15 is 0 Å². The Kier molecular flexibility index (Phi) is 5.76. The predicted molar refractivity (Wildman–Crippen MR) is 88.3 cm³/mol. The minimum Gasteiger partial charge on any atom is -0.493 e. The lowest BCUT2D eigenvalue weighted by Crippen LogP contribution is -2.41. The number of nitrogens with zero attached hydrogens (tertiary/aromatic N) is 1. The van der Waals surface area contributed by atoms with Crippen LogP contribution in [0.15, 0.2) is 18.2 Å². The number of carboxylic acids is 1. The fourth-order valence-corrected chi connectivity index (χ4v) is 3.20. The second-order valence-electron chi connectivity index (χ2n) is 5.34. The summed E-state index contributed by atoms with van der Waals surface area (Å²) in [6, 6.07) is 4.35. The predicted octanol–water partition coefficient (Wildman–Crippen LogP) is 2.14. The Morgan fingerprint density at radius 2 is 1.96 bits per heavy atom. The minimum absolute atomic E-state index is 0.190. The van der Waals surface area contributed by atoms with Crippen molar-refractivity contribution in [2.24, 2.45) is 0 Å². The van der Waals surface area contributed by atoms with Gasteiger partial charge < -0.3 is 19.5 Å². The lowest BCUT2D eigenvalue weighted by Gasteiger charge is -2.29. The van der Waals surface area contributed by atoms with E-state index in [0.717, 1.165) is 5.56 Å². The number of aliphatic carboxylic acids is 1. The number of methoxy groups -OCH3 is 2. The Morgan fingerprint density at radius 3 is 2.52 bits per heavy atom. The Balaban J connectivity index is 2.36. The molecule has 23 heavy (non-hydrogen) atoms. The molecule has 1 aliphatic rings. The zero-order valence-electron chi connectivity index (χ0n) is 13.2. The fraction of sp³-hybridized carbons (Fsp3) is 0.500. The van der Waals surface area contributed by atoms with Crippen LogP contribution in [0, 0.1) is 0 Å². The lowest BCUT2D eigenvalue weighted by atomic mass is 10.0. The van der Waals surface area contributed by atoms with Gasteiger partial charge in [0.05, 0.1) is 20.3 Å². The van der Waals surface area contributed by atoms with Crippen molar-refractivity contribution in [2.75, 3.05) is 20.0 Å². The van der Waals surface area contributed by atoms with Gasteiger partial charge in [-0.2, -0.15) is 12.6 Å². The molecule has 1 heterocycles. The van der Waals surface area contributed by atoms with Crippen LogP contribution in [0.25, 0.3) is 0 Å². The monoisotopic (exact) mass is 339 g/mol. The van der Waals surface area contributed by atoms with E-state index in [2.05, 4.69) is 12.6 Å². The summed E-state index contributed by atoms with van der Waals surface area (Å²) in [6.45, 7) is 0. The van der Waals surface area contributed by atoms with Crippen LogP contribution in [0.4, 0.5) is 0 Å². The van der Waals surface area contributed by atoms with Crippen molar-refractivity contribution in [1.82, 2.24) is 4.90 Å². The SMILES string of the molecule is COc1ccc([C@H]2CC[C@@H](C(=O)O)N2C(=O)CCS)cc1OC.